The molecular formula is C2H8AtNO. The van der Waals surface area contributed by atoms with Gasteiger partial charge in [-0.15, -0.1) is 0 Å². The predicted octanol–water partition coefficient (Wildman–Crippen LogP) is -1.33. The second-order valence-corrected chi connectivity index (χ2v) is 0.512. The van der Waals surface area contributed by atoms with Gasteiger partial charge in [0.15, 0.2) is 0 Å². The molecule has 3 heteroatoms. The molecule has 0 aliphatic carbocycles. The third kappa shape index (κ3) is 11.6. The van der Waals surface area contributed by atoms with Gasteiger partial charge in [-0.05, 0) is 0 Å². The van der Waals surface area contributed by atoms with Crippen molar-refractivity contribution in [2.45, 2.75) is 0 Å². The number of hydrogen-bond acceptors (Lipinski definition) is 2. The summed E-state index contributed by atoms with van der Waals surface area (Å²) < 4.78 is 0. The molecule has 0 bridgehead atoms. The summed E-state index contributed by atoms with van der Waals surface area (Å²) in [6.07, 6.45) is 0. The van der Waals surface area contributed by atoms with Crippen molar-refractivity contribution >= 4 is 0 Å². The van der Waals surface area contributed by atoms with Gasteiger partial charge in [-0.2, -0.15) is 0 Å². The van der Waals surface area contributed by atoms with Crippen LogP contribution in [-0.4, -0.2) is 18.3 Å². The molecular weight excluding hydrogens is 264 g/mol. The van der Waals surface area contributed by atoms with E-state index in [-0.39, 0.29) is 32.8 Å². The summed E-state index contributed by atoms with van der Waals surface area (Å²) in [7, 11) is 0. The first-order valence-electron chi connectivity index (χ1n) is 1.22. The molecule has 0 aromatic rings. The van der Waals surface area contributed by atoms with Crippen molar-refractivity contribution in [1.82, 2.24) is 0 Å². The summed E-state index contributed by atoms with van der Waals surface area (Å²) in [4.78, 5) is 0. The van der Waals surface area contributed by atoms with Crippen LogP contribution in [0.2, 0.25) is 0 Å². The van der Waals surface area contributed by atoms with Gasteiger partial charge in [0, 0.05) is 6.54 Å². The number of rotatable bonds is 1. The zero-order valence-corrected chi connectivity index (χ0v) is 6.02. The number of aliphatic hydroxyl groups excluding tert-OH is 1. The maximum absolute atomic E-state index is 7.75. The van der Waals surface area contributed by atoms with E-state index in [0.29, 0.717) is 6.54 Å². The molecule has 0 heterocycles. The minimum atomic E-state index is 0. The van der Waals surface area contributed by atoms with Gasteiger partial charge in [-0.1, -0.05) is 0 Å². The minimum absolute atomic E-state index is 0. The molecule has 0 saturated heterocycles. The predicted molar refractivity (Wildman–Crippen MR) is 17.5 cm³/mol. The summed E-state index contributed by atoms with van der Waals surface area (Å²) in [5, 5.41) is 7.75. The fourth-order valence-electron chi connectivity index (χ4n) is 0. The summed E-state index contributed by atoms with van der Waals surface area (Å²) in [6.45, 7) is 0.472. The van der Waals surface area contributed by atoms with E-state index in [4.69, 9.17) is 10.8 Å². The Morgan fingerprint density at radius 2 is 1.80 bits per heavy atom. The Hall–Kier alpha value is 0.803. The van der Waals surface area contributed by atoms with Crippen LogP contribution >= 0.6 is 0 Å². The van der Waals surface area contributed by atoms with Crippen LogP contribution in [0.5, 0.6) is 0 Å². The van der Waals surface area contributed by atoms with Gasteiger partial charge in [0.2, 0.25) is 0 Å². The SMILES string of the molecule is NCCO.[AtH]. The average molecular weight is 272 g/mol. The van der Waals surface area contributed by atoms with E-state index in [1.165, 1.54) is 0 Å². The Bertz CT molecular complexity index is 11.6. The molecule has 0 aliphatic rings. The second kappa shape index (κ2) is 8.84. The molecule has 0 rings (SSSR count). The first-order chi connectivity index (χ1) is 1.91. The standard InChI is InChI=1S/C2H7NO.AtH/c3-1-2-4;/h4H,1-3H2;1H. The number of nitrogens with two attached hydrogens (primary N) is 1. The third-order valence-corrected chi connectivity index (χ3v) is 0.129. The molecule has 0 saturated carbocycles. The van der Waals surface area contributed by atoms with E-state index >= 15 is 0 Å². The molecule has 0 atom stereocenters. The first kappa shape index (κ1) is 9.26. The zero-order chi connectivity index (χ0) is 3.41. The van der Waals surface area contributed by atoms with Gasteiger partial charge >= 0.3 is 26.2 Å². The Morgan fingerprint density at radius 1 is 1.60 bits per heavy atom. The van der Waals surface area contributed by atoms with Gasteiger partial charge in [-0.25, -0.2) is 0 Å². The average Bonchev–Trinajstić information content (AvgIpc) is 1.37. The molecule has 0 aromatic carbocycles. The van der Waals surface area contributed by atoms with Gasteiger partial charge < -0.3 is 10.8 Å². The fourth-order valence-corrected chi connectivity index (χ4v) is 0. The molecule has 0 aliphatic heterocycles. The van der Waals surface area contributed by atoms with Crippen molar-refractivity contribution in [2.24, 2.45) is 5.73 Å². The molecule has 5 heavy (non-hydrogen) atoms. The summed E-state index contributed by atoms with van der Waals surface area (Å²) in [6, 6.07) is 0. The molecule has 0 radical (unpaired) electrons. The maximum atomic E-state index is 7.75. The molecule has 0 aromatic heterocycles. The normalized spacial score (nSPS) is 6.00. The molecule has 34 valence electrons. The Kier molecular flexibility index (Phi) is 16.4. The van der Waals surface area contributed by atoms with E-state index in [0.717, 1.165) is 0 Å². The van der Waals surface area contributed by atoms with Crippen molar-refractivity contribution in [2.75, 3.05) is 13.2 Å². The Balaban J connectivity index is 0. The molecule has 0 spiro atoms. The summed E-state index contributed by atoms with van der Waals surface area (Å²) >= 11 is 0. The number of aliphatic hydroxyl groups is 1. The van der Waals surface area contributed by atoms with Crippen molar-refractivity contribution in [3.8, 4) is 0 Å². The van der Waals surface area contributed by atoms with E-state index in [1.54, 1.807) is 0 Å². The first-order valence-corrected chi connectivity index (χ1v) is 1.22. The molecule has 0 amide bonds. The van der Waals surface area contributed by atoms with E-state index in [9.17, 15) is 0 Å². The van der Waals surface area contributed by atoms with E-state index < -0.39 is 0 Å². The van der Waals surface area contributed by atoms with Gasteiger partial charge in [0.1, 0.15) is 0 Å². The fraction of sp³-hybridized carbons (Fsp3) is 1.00. The number of hydrogen-bond donors (Lipinski definition) is 2. The van der Waals surface area contributed by atoms with Crippen molar-refractivity contribution in [3.05, 3.63) is 0 Å². The monoisotopic (exact) mass is 272 g/mol. The van der Waals surface area contributed by atoms with Crippen LogP contribution in [0, 0.1) is 26.2 Å². The molecule has 2 nitrogen and oxygen atoms in total. The quantitative estimate of drug-likeness (QED) is 0.621. The Morgan fingerprint density at radius 3 is 1.80 bits per heavy atom. The summed E-state index contributed by atoms with van der Waals surface area (Å²) in [5.74, 6) is 0. The van der Waals surface area contributed by atoms with Gasteiger partial charge in [-0.3, -0.25) is 0 Å². The van der Waals surface area contributed by atoms with Gasteiger partial charge in [0.25, 0.3) is 0 Å². The topological polar surface area (TPSA) is 46.2 Å². The molecule has 0 fully saturated rings. The van der Waals surface area contributed by atoms with Crippen LogP contribution in [0.3, 0.4) is 0 Å². The van der Waals surface area contributed by atoms with Crippen LogP contribution in [0.15, 0.2) is 0 Å². The van der Waals surface area contributed by atoms with Crippen molar-refractivity contribution in [3.63, 3.8) is 0 Å². The van der Waals surface area contributed by atoms with Crippen LogP contribution in [0.4, 0.5) is 0 Å². The Labute approximate surface area is 50.5 Å². The second-order valence-electron chi connectivity index (χ2n) is 0.512. The van der Waals surface area contributed by atoms with Gasteiger partial charge in [0.05, 0.1) is 6.61 Å². The van der Waals surface area contributed by atoms with Crippen LogP contribution in [0.25, 0.3) is 0 Å². The summed E-state index contributed by atoms with van der Waals surface area (Å²) in [5.41, 5.74) is 4.78. The van der Waals surface area contributed by atoms with Crippen molar-refractivity contribution < 1.29 is 31.3 Å². The van der Waals surface area contributed by atoms with Crippen LogP contribution in [0.1, 0.15) is 0 Å². The molecule has 3 N–H and O–H groups in total. The molecule has 0 unspecified atom stereocenters. The third-order valence-electron chi connectivity index (χ3n) is 0.129. The van der Waals surface area contributed by atoms with E-state index in [1.807, 2.05) is 0 Å². The van der Waals surface area contributed by atoms with Crippen LogP contribution in [-0.2, 0) is 0 Å². The van der Waals surface area contributed by atoms with Crippen LogP contribution < -0.4 is 5.73 Å². The van der Waals surface area contributed by atoms with Crippen molar-refractivity contribution in [1.29, 1.82) is 0 Å². The zero-order valence-electron chi connectivity index (χ0n) is 2.85. The van der Waals surface area contributed by atoms with E-state index in [2.05, 4.69) is 0 Å².